The van der Waals surface area contributed by atoms with Gasteiger partial charge in [-0.15, -0.1) is 0 Å². The Hall–Kier alpha value is -2.03. The van der Waals surface area contributed by atoms with Gasteiger partial charge in [-0.05, 0) is 49.2 Å². The summed E-state index contributed by atoms with van der Waals surface area (Å²) in [5.41, 5.74) is 1.67. The van der Waals surface area contributed by atoms with E-state index in [1.807, 2.05) is 36.1 Å². The molecule has 6 nitrogen and oxygen atoms in total. The molecule has 0 N–H and O–H groups in total. The molecule has 0 spiro atoms. The largest absolute Gasteiger partial charge is 0.455 e. The summed E-state index contributed by atoms with van der Waals surface area (Å²) in [6.45, 7) is 4.07. The van der Waals surface area contributed by atoms with Gasteiger partial charge in [-0.2, -0.15) is 4.99 Å². The van der Waals surface area contributed by atoms with Crippen molar-refractivity contribution >= 4 is 50.0 Å². The molecule has 2 saturated heterocycles. The molecule has 4 rings (SSSR count). The minimum Gasteiger partial charge on any atom is -0.455 e. The lowest BCUT2D eigenvalue weighted by Crippen LogP contribution is -2.38. The van der Waals surface area contributed by atoms with Gasteiger partial charge in [-0.25, -0.2) is 8.42 Å². The van der Waals surface area contributed by atoms with Gasteiger partial charge in [0.15, 0.2) is 20.8 Å². The Bertz CT molecular complexity index is 1180. The van der Waals surface area contributed by atoms with Crippen LogP contribution < -0.4 is 9.64 Å². The number of amidine groups is 1. The number of nitrogens with zero attached hydrogens (tertiary/aromatic N) is 2. The third kappa shape index (κ3) is 5.73. The summed E-state index contributed by atoms with van der Waals surface area (Å²) in [7, 11) is -3.18. The van der Waals surface area contributed by atoms with Gasteiger partial charge in [-0.1, -0.05) is 55.3 Å². The van der Waals surface area contributed by atoms with E-state index in [9.17, 15) is 13.2 Å². The van der Waals surface area contributed by atoms with Crippen molar-refractivity contribution in [3.8, 4) is 11.5 Å². The lowest BCUT2D eigenvalue weighted by molar-refractivity contribution is -0.117. The van der Waals surface area contributed by atoms with Crippen LogP contribution in [0.5, 0.6) is 11.5 Å². The van der Waals surface area contributed by atoms with Crippen LogP contribution in [0.2, 0.25) is 5.02 Å². The monoisotopic (exact) mass is 506 g/mol. The van der Waals surface area contributed by atoms with E-state index in [1.54, 1.807) is 18.2 Å². The Morgan fingerprint density at radius 3 is 2.79 bits per heavy atom. The number of thioether (sulfide) groups is 1. The number of unbranched alkanes of at least 4 members (excludes halogenated alkanes) is 2. The van der Waals surface area contributed by atoms with Crippen LogP contribution in [0.25, 0.3) is 0 Å². The van der Waals surface area contributed by atoms with Crippen LogP contribution in [0.1, 0.15) is 38.2 Å². The number of sulfone groups is 1. The molecule has 0 aliphatic carbocycles. The number of ether oxygens (including phenoxy) is 1. The predicted molar refractivity (Wildman–Crippen MR) is 136 cm³/mol. The van der Waals surface area contributed by atoms with Crippen molar-refractivity contribution in [1.29, 1.82) is 0 Å². The molecule has 33 heavy (non-hydrogen) atoms. The highest BCUT2D eigenvalue weighted by molar-refractivity contribution is 8.16. The van der Waals surface area contributed by atoms with Gasteiger partial charge in [0.1, 0.15) is 5.75 Å². The number of carbonyl (C=O) groups is 1. The first kappa shape index (κ1) is 24.1. The van der Waals surface area contributed by atoms with Crippen LogP contribution in [0.3, 0.4) is 0 Å². The second-order valence-corrected chi connectivity index (χ2v) is 12.2. The van der Waals surface area contributed by atoms with E-state index < -0.39 is 9.84 Å². The maximum Gasteiger partial charge on any atom is 0.248 e. The maximum atomic E-state index is 12.6. The quantitative estimate of drug-likeness (QED) is 0.453. The van der Waals surface area contributed by atoms with Crippen LogP contribution in [0.15, 0.2) is 47.5 Å². The van der Waals surface area contributed by atoms with Crippen molar-refractivity contribution in [2.24, 2.45) is 4.99 Å². The van der Waals surface area contributed by atoms with Crippen LogP contribution in [0, 0.1) is 6.92 Å². The standard InChI is InChI=1S/C24H27ClN2O4S2/c1-3-4-5-9-23(28)26-24-27(20-14-33(29,30)15-22(20)32-24)19-13-17(25)10-11-21(19)31-18-8-6-7-16(2)12-18/h6-8,10-13,20,22H,3-5,9,14-15H2,1-2H3/t20-,22+/m0/s1. The minimum absolute atomic E-state index is 0.00408. The molecule has 2 atom stereocenters. The summed E-state index contributed by atoms with van der Waals surface area (Å²) in [5.74, 6) is 1.07. The topological polar surface area (TPSA) is 76.0 Å². The van der Waals surface area contributed by atoms with Gasteiger partial charge in [0.2, 0.25) is 5.91 Å². The van der Waals surface area contributed by atoms with E-state index >= 15 is 0 Å². The molecule has 0 radical (unpaired) electrons. The van der Waals surface area contributed by atoms with Crippen LogP contribution in [-0.4, -0.2) is 42.3 Å². The van der Waals surface area contributed by atoms with Gasteiger partial charge < -0.3 is 9.64 Å². The van der Waals surface area contributed by atoms with E-state index in [1.165, 1.54) is 11.8 Å². The second-order valence-electron chi connectivity index (χ2n) is 8.45. The van der Waals surface area contributed by atoms with Crippen molar-refractivity contribution in [1.82, 2.24) is 0 Å². The van der Waals surface area contributed by atoms with E-state index in [-0.39, 0.29) is 28.7 Å². The van der Waals surface area contributed by atoms with Crippen molar-refractivity contribution in [2.75, 3.05) is 16.4 Å². The smallest absolute Gasteiger partial charge is 0.248 e. The molecule has 2 aromatic carbocycles. The lowest BCUT2D eigenvalue weighted by Gasteiger charge is -2.27. The van der Waals surface area contributed by atoms with Gasteiger partial charge in [-0.3, -0.25) is 4.79 Å². The Balaban J connectivity index is 1.72. The third-order valence-corrected chi connectivity index (χ3v) is 9.12. The highest BCUT2D eigenvalue weighted by Gasteiger charge is 2.50. The number of aliphatic imine (C=N–C) groups is 1. The number of aryl methyl sites for hydroxylation is 1. The molecule has 2 aliphatic rings. The molecular formula is C24H27ClN2O4S2. The highest BCUT2D eigenvalue weighted by Crippen LogP contribution is 2.45. The zero-order valence-electron chi connectivity index (χ0n) is 18.7. The number of fused-ring (bicyclic) bond motifs is 1. The van der Waals surface area contributed by atoms with E-state index in [4.69, 9.17) is 16.3 Å². The average Bonchev–Trinajstić information content (AvgIpc) is 3.20. The van der Waals surface area contributed by atoms with E-state index in [0.717, 1.165) is 24.8 Å². The van der Waals surface area contributed by atoms with Crippen molar-refractivity contribution in [3.05, 3.63) is 53.1 Å². The first-order valence-corrected chi connectivity index (χ1v) is 14.2. The third-order valence-electron chi connectivity index (χ3n) is 5.68. The first-order valence-electron chi connectivity index (χ1n) is 11.1. The summed E-state index contributed by atoms with van der Waals surface area (Å²) in [6.07, 6.45) is 3.16. The van der Waals surface area contributed by atoms with Gasteiger partial charge in [0.05, 0.1) is 23.2 Å². The molecule has 0 saturated carbocycles. The molecular weight excluding hydrogens is 480 g/mol. The number of rotatable bonds is 7. The zero-order chi connectivity index (χ0) is 23.6. The molecule has 2 fully saturated rings. The number of carbonyl (C=O) groups excluding carboxylic acids is 1. The molecule has 0 aromatic heterocycles. The number of amides is 1. The minimum atomic E-state index is -3.18. The Kier molecular flexibility index (Phi) is 7.36. The molecule has 0 unspecified atom stereocenters. The van der Waals surface area contributed by atoms with Crippen LogP contribution in [-0.2, 0) is 14.6 Å². The van der Waals surface area contributed by atoms with Crippen molar-refractivity contribution < 1.29 is 17.9 Å². The molecule has 2 heterocycles. The average molecular weight is 507 g/mol. The highest BCUT2D eigenvalue weighted by atomic mass is 35.5. The Morgan fingerprint density at radius 2 is 2.03 bits per heavy atom. The van der Waals surface area contributed by atoms with Gasteiger partial charge in [0, 0.05) is 16.7 Å². The fraction of sp³-hybridized carbons (Fsp3) is 0.417. The summed E-state index contributed by atoms with van der Waals surface area (Å²) in [6, 6.07) is 12.6. The summed E-state index contributed by atoms with van der Waals surface area (Å²) < 4.78 is 31.0. The van der Waals surface area contributed by atoms with Gasteiger partial charge in [0.25, 0.3) is 0 Å². The van der Waals surface area contributed by atoms with Crippen molar-refractivity contribution in [2.45, 2.75) is 50.8 Å². The van der Waals surface area contributed by atoms with Crippen LogP contribution in [0.4, 0.5) is 5.69 Å². The molecule has 2 aliphatic heterocycles. The molecule has 1 amide bonds. The van der Waals surface area contributed by atoms with Crippen molar-refractivity contribution in [3.63, 3.8) is 0 Å². The SMILES string of the molecule is CCCCCC(=O)N=C1S[C@@H]2CS(=O)(=O)C[C@@H]2N1c1cc(Cl)ccc1Oc1cccc(C)c1. The Morgan fingerprint density at radius 1 is 1.21 bits per heavy atom. The molecule has 176 valence electrons. The normalized spacial score (nSPS) is 22.5. The lowest BCUT2D eigenvalue weighted by atomic mass is 10.2. The molecule has 2 aromatic rings. The maximum absolute atomic E-state index is 12.6. The van der Waals surface area contributed by atoms with E-state index in [0.29, 0.717) is 33.8 Å². The van der Waals surface area contributed by atoms with Gasteiger partial charge >= 0.3 is 0 Å². The summed E-state index contributed by atoms with van der Waals surface area (Å²) in [5, 5.41) is 0.810. The zero-order valence-corrected chi connectivity index (χ0v) is 21.0. The number of halogens is 1. The molecule has 0 bridgehead atoms. The number of hydrogen-bond donors (Lipinski definition) is 0. The molecule has 9 heteroatoms. The Labute approximate surface area is 204 Å². The number of hydrogen-bond acceptors (Lipinski definition) is 5. The summed E-state index contributed by atoms with van der Waals surface area (Å²) in [4.78, 5) is 18.8. The number of benzene rings is 2. The fourth-order valence-electron chi connectivity index (χ4n) is 4.11. The summed E-state index contributed by atoms with van der Waals surface area (Å²) >= 11 is 7.70. The van der Waals surface area contributed by atoms with Crippen LogP contribution >= 0.6 is 23.4 Å². The predicted octanol–water partition coefficient (Wildman–Crippen LogP) is 5.62. The van der Waals surface area contributed by atoms with E-state index in [2.05, 4.69) is 11.9 Å². The number of anilines is 1. The second kappa shape index (κ2) is 10.1. The first-order chi connectivity index (χ1) is 15.8. The fourth-order valence-corrected chi connectivity index (χ4v) is 8.20.